The van der Waals surface area contributed by atoms with Crippen molar-refractivity contribution in [1.29, 1.82) is 0 Å². The average Bonchev–Trinajstić information content (AvgIpc) is 2.93. The molecule has 1 aliphatic carbocycles. The summed E-state index contributed by atoms with van der Waals surface area (Å²) >= 11 is 0. The summed E-state index contributed by atoms with van der Waals surface area (Å²) in [6.07, 6.45) is 4.58. The summed E-state index contributed by atoms with van der Waals surface area (Å²) in [5.41, 5.74) is 2.53. The molecule has 1 N–H and O–H groups in total. The lowest BCUT2D eigenvalue weighted by molar-refractivity contribution is 0.512. The number of aryl methyl sites for hydroxylation is 1. The largest absolute Gasteiger partial charge is 0.311 e. The number of aromatic nitrogens is 1. The van der Waals surface area contributed by atoms with Crippen LogP contribution in [0.3, 0.4) is 0 Å². The molecular formula is C11H16N2. The Morgan fingerprint density at radius 1 is 1.54 bits per heavy atom. The van der Waals surface area contributed by atoms with Gasteiger partial charge in [-0.15, -0.1) is 0 Å². The van der Waals surface area contributed by atoms with Crippen molar-refractivity contribution in [2.75, 3.05) is 7.05 Å². The monoisotopic (exact) mass is 176 g/mol. The van der Waals surface area contributed by atoms with Crippen LogP contribution in [0, 0.1) is 12.8 Å². The van der Waals surface area contributed by atoms with Gasteiger partial charge >= 0.3 is 0 Å². The van der Waals surface area contributed by atoms with E-state index in [1.807, 2.05) is 19.3 Å². The van der Waals surface area contributed by atoms with Gasteiger partial charge in [0, 0.05) is 6.20 Å². The molecule has 1 aliphatic rings. The van der Waals surface area contributed by atoms with E-state index in [1.165, 1.54) is 24.1 Å². The second-order valence-electron chi connectivity index (χ2n) is 3.81. The van der Waals surface area contributed by atoms with Crippen LogP contribution in [0.15, 0.2) is 18.3 Å². The molecule has 1 unspecified atom stereocenters. The van der Waals surface area contributed by atoms with Gasteiger partial charge in [0.15, 0.2) is 0 Å². The minimum absolute atomic E-state index is 0.473. The van der Waals surface area contributed by atoms with Crippen LogP contribution in [-0.4, -0.2) is 12.0 Å². The summed E-state index contributed by atoms with van der Waals surface area (Å²) in [7, 11) is 2.02. The molecule has 1 aromatic rings. The standard InChI is InChI=1S/C11H16N2/c1-8-4-3-7-13-10(8)11(12-2)9-5-6-9/h3-4,7,9,11-12H,5-6H2,1-2H3. The molecule has 1 fully saturated rings. The summed E-state index contributed by atoms with van der Waals surface area (Å²) in [5, 5.41) is 3.36. The molecule has 2 heteroatoms. The summed E-state index contributed by atoms with van der Waals surface area (Å²) < 4.78 is 0. The minimum atomic E-state index is 0.473. The van der Waals surface area contributed by atoms with Gasteiger partial charge in [-0.1, -0.05) is 6.07 Å². The lowest BCUT2D eigenvalue weighted by Gasteiger charge is -2.16. The maximum absolute atomic E-state index is 4.45. The van der Waals surface area contributed by atoms with Crippen molar-refractivity contribution in [3.8, 4) is 0 Å². The van der Waals surface area contributed by atoms with Gasteiger partial charge in [0.25, 0.3) is 0 Å². The Kier molecular flexibility index (Phi) is 2.32. The van der Waals surface area contributed by atoms with Crippen LogP contribution in [0.2, 0.25) is 0 Å². The zero-order chi connectivity index (χ0) is 9.26. The molecule has 1 saturated carbocycles. The highest BCUT2D eigenvalue weighted by Crippen LogP contribution is 2.40. The summed E-state index contributed by atoms with van der Waals surface area (Å²) in [6.45, 7) is 2.13. The predicted molar refractivity (Wildman–Crippen MR) is 53.5 cm³/mol. The maximum atomic E-state index is 4.45. The number of pyridine rings is 1. The van der Waals surface area contributed by atoms with Crippen LogP contribution in [-0.2, 0) is 0 Å². The molecule has 1 aromatic heterocycles. The highest BCUT2D eigenvalue weighted by atomic mass is 14.9. The molecule has 0 saturated heterocycles. The molecular weight excluding hydrogens is 160 g/mol. The van der Waals surface area contributed by atoms with Crippen molar-refractivity contribution in [2.24, 2.45) is 5.92 Å². The van der Waals surface area contributed by atoms with Crippen molar-refractivity contribution >= 4 is 0 Å². The topological polar surface area (TPSA) is 24.9 Å². The van der Waals surface area contributed by atoms with Gasteiger partial charge in [-0.25, -0.2) is 0 Å². The van der Waals surface area contributed by atoms with Gasteiger partial charge < -0.3 is 5.32 Å². The molecule has 2 nitrogen and oxygen atoms in total. The fourth-order valence-electron chi connectivity index (χ4n) is 1.85. The van der Waals surface area contributed by atoms with E-state index >= 15 is 0 Å². The lowest BCUT2D eigenvalue weighted by Crippen LogP contribution is -2.20. The van der Waals surface area contributed by atoms with E-state index in [2.05, 4.69) is 23.3 Å². The van der Waals surface area contributed by atoms with Crippen LogP contribution in [0.4, 0.5) is 0 Å². The van der Waals surface area contributed by atoms with E-state index in [0.29, 0.717) is 6.04 Å². The molecule has 0 radical (unpaired) electrons. The zero-order valence-electron chi connectivity index (χ0n) is 8.25. The Hall–Kier alpha value is -0.890. The molecule has 1 heterocycles. The maximum Gasteiger partial charge on any atom is 0.0604 e. The van der Waals surface area contributed by atoms with Gasteiger partial charge in [0.05, 0.1) is 11.7 Å². The summed E-state index contributed by atoms with van der Waals surface area (Å²) in [4.78, 5) is 4.45. The van der Waals surface area contributed by atoms with Crippen LogP contribution in [0.1, 0.15) is 30.1 Å². The van der Waals surface area contributed by atoms with Crippen LogP contribution < -0.4 is 5.32 Å². The molecule has 0 spiro atoms. The fraction of sp³-hybridized carbons (Fsp3) is 0.545. The Morgan fingerprint density at radius 3 is 2.85 bits per heavy atom. The first-order valence-electron chi connectivity index (χ1n) is 4.91. The van der Waals surface area contributed by atoms with E-state index in [9.17, 15) is 0 Å². The molecule has 0 aliphatic heterocycles. The second-order valence-corrected chi connectivity index (χ2v) is 3.81. The Labute approximate surface area is 79.4 Å². The van der Waals surface area contributed by atoms with Gasteiger partial charge in [0.2, 0.25) is 0 Å². The molecule has 13 heavy (non-hydrogen) atoms. The Balaban J connectivity index is 2.26. The number of hydrogen-bond donors (Lipinski definition) is 1. The van der Waals surface area contributed by atoms with Crippen molar-refractivity contribution < 1.29 is 0 Å². The van der Waals surface area contributed by atoms with E-state index in [4.69, 9.17) is 0 Å². The van der Waals surface area contributed by atoms with E-state index < -0.39 is 0 Å². The van der Waals surface area contributed by atoms with Crippen LogP contribution in [0.5, 0.6) is 0 Å². The summed E-state index contributed by atoms with van der Waals surface area (Å²) in [6, 6.07) is 4.61. The summed E-state index contributed by atoms with van der Waals surface area (Å²) in [5.74, 6) is 0.818. The van der Waals surface area contributed by atoms with Gasteiger partial charge in [-0.05, 0) is 44.4 Å². The third-order valence-corrected chi connectivity index (χ3v) is 2.75. The third kappa shape index (κ3) is 1.73. The van der Waals surface area contributed by atoms with Gasteiger partial charge in [-0.2, -0.15) is 0 Å². The van der Waals surface area contributed by atoms with Gasteiger partial charge in [0.1, 0.15) is 0 Å². The average molecular weight is 176 g/mol. The number of rotatable bonds is 3. The fourth-order valence-corrected chi connectivity index (χ4v) is 1.85. The predicted octanol–water partition coefficient (Wildman–Crippen LogP) is 2.06. The number of hydrogen-bond acceptors (Lipinski definition) is 2. The normalized spacial score (nSPS) is 18.6. The first kappa shape index (κ1) is 8.70. The Bertz CT molecular complexity index is 292. The lowest BCUT2D eigenvalue weighted by atomic mass is 10.0. The minimum Gasteiger partial charge on any atom is -0.311 e. The highest BCUT2D eigenvalue weighted by Gasteiger charge is 2.32. The number of nitrogens with one attached hydrogen (secondary N) is 1. The SMILES string of the molecule is CNC(c1ncccc1C)C1CC1. The molecule has 1 atom stereocenters. The van der Waals surface area contributed by atoms with E-state index in [0.717, 1.165) is 5.92 Å². The molecule has 0 aromatic carbocycles. The third-order valence-electron chi connectivity index (χ3n) is 2.75. The van der Waals surface area contributed by atoms with Crippen molar-refractivity contribution in [1.82, 2.24) is 10.3 Å². The first-order chi connectivity index (χ1) is 6.33. The van der Waals surface area contributed by atoms with Crippen molar-refractivity contribution in [3.63, 3.8) is 0 Å². The Morgan fingerprint density at radius 2 is 2.31 bits per heavy atom. The number of nitrogens with zero attached hydrogens (tertiary/aromatic N) is 1. The van der Waals surface area contributed by atoms with E-state index in [-0.39, 0.29) is 0 Å². The zero-order valence-corrected chi connectivity index (χ0v) is 8.25. The molecule has 0 bridgehead atoms. The second kappa shape index (κ2) is 3.46. The quantitative estimate of drug-likeness (QED) is 0.762. The van der Waals surface area contributed by atoms with Crippen LogP contribution in [0.25, 0.3) is 0 Å². The first-order valence-corrected chi connectivity index (χ1v) is 4.91. The van der Waals surface area contributed by atoms with E-state index in [1.54, 1.807) is 0 Å². The van der Waals surface area contributed by atoms with Crippen LogP contribution >= 0.6 is 0 Å². The molecule has 2 rings (SSSR count). The molecule has 0 amide bonds. The van der Waals surface area contributed by atoms with Crippen molar-refractivity contribution in [2.45, 2.75) is 25.8 Å². The smallest absolute Gasteiger partial charge is 0.0604 e. The van der Waals surface area contributed by atoms with Crippen molar-refractivity contribution in [3.05, 3.63) is 29.6 Å². The highest BCUT2D eigenvalue weighted by molar-refractivity contribution is 5.22. The molecule has 70 valence electrons. The van der Waals surface area contributed by atoms with Gasteiger partial charge in [-0.3, -0.25) is 4.98 Å².